The van der Waals surface area contributed by atoms with Crippen molar-refractivity contribution < 1.29 is 13.9 Å². The number of esters is 1. The molecular formula is C13H17N3O3. The summed E-state index contributed by atoms with van der Waals surface area (Å²) in [6.45, 7) is 1.39. The maximum absolute atomic E-state index is 11.2. The molecule has 2 aromatic heterocycles. The summed E-state index contributed by atoms with van der Waals surface area (Å²) in [5, 5.41) is 7.36. The third kappa shape index (κ3) is 3.45. The average Bonchev–Trinajstić information content (AvgIpc) is 3.03. The molecule has 1 N–H and O–H groups in total. The number of hydrogen-bond donors (Lipinski definition) is 1. The zero-order valence-corrected chi connectivity index (χ0v) is 11.0. The molecule has 2 heterocycles. The van der Waals surface area contributed by atoms with Gasteiger partial charge in [-0.05, 0) is 12.1 Å². The molecule has 2 aromatic rings. The minimum Gasteiger partial charge on any atom is -0.467 e. The number of carbonyl (C=O) groups excluding carboxylic acids is 1. The number of nitrogens with zero attached hydrogens (tertiary/aromatic N) is 2. The highest BCUT2D eigenvalue weighted by Crippen LogP contribution is 2.08. The number of methoxy groups -OCH3 is 1. The predicted octanol–water partition coefficient (Wildman–Crippen LogP) is 1.13. The smallest absolute Gasteiger partial charge is 0.341 e. The molecule has 0 saturated heterocycles. The van der Waals surface area contributed by atoms with E-state index in [1.54, 1.807) is 12.3 Å². The normalized spacial score (nSPS) is 10.6. The molecule has 0 fully saturated rings. The van der Waals surface area contributed by atoms with Gasteiger partial charge < -0.3 is 14.5 Å². The molecule has 0 amide bonds. The molecule has 102 valence electrons. The van der Waals surface area contributed by atoms with Crippen molar-refractivity contribution in [3.05, 3.63) is 41.6 Å². The van der Waals surface area contributed by atoms with E-state index in [-0.39, 0.29) is 5.97 Å². The largest absolute Gasteiger partial charge is 0.467 e. The fraction of sp³-hybridized carbons (Fsp3) is 0.385. The van der Waals surface area contributed by atoms with Gasteiger partial charge in [-0.25, -0.2) is 4.79 Å². The van der Waals surface area contributed by atoms with Crippen LogP contribution in [-0.4, -0.2) is 29.4 Å². The summed E-state index contributed by atoms with van der Waals surface area (Å²) in [5.74, 6) is 0.329. The molecular weight excluding hydrogens is 246 g/mol. The molecule has 0 aliphatic carbocycles. The van der Waals surface area contributed by atoms with E-state index in [0.717, 1.165) is 13.0 Å². The van der Waals surface area contributed by atoms with Crippen LogP contribution in [-0.2, 0) is 24.8 Å². The fourth-order valence-electron chi connectivity index (χ4n) is 1.77. The number of hydrogen-bond acceptors (Lipinski definition) is 5. The topological polar surface area (TPSA) is 69.3 Å². The second kappa shape index (κ2) is 6.19. The maximum atomic E-state index is 11.2. The van der Waals surface area contributed by atoms with Crippen molar-refractivity contribution in [3.63, 3.8) is 0 Å². The van der Waals surface area contributed by atoms with E-state index < -0.39 is 0 Å². The first-order valence-electron chi connectivity index (χ1n) is 6.04. The molecule has 0 bridgehead atoms. The Morgan fingerprint density at radius 2 is 2.42 bits per heavy atom. The standard InChI is InChI=1S/C13H17N3O3/c1-16-11(4-6-15-16)3-5-14-8-12-7-10(9-19-12)13(17)18-2/h4,6-7,9,14H,3,5,8H2,1-2H3. The van der Waals surface area contributed by atoms with Crippen molar-refractivity contribution in [1.29, 1.82) is 0 Å². The Balaban J connectivity index is 1.75. The minimum atomic E-state index is -0.384. The first-order chi connectivity index (χ1) is 9.20. The molecule has 6 heteroatoms. The van der Waals surface area contributed by atoms with Crippen molar-refractivity contribution >= 4 is 5.97 Å². The van der Waals surface area contributed by atoms with Crippen molar-refractivity contribution in [3.8, 4) is 0 Å². The first-order valence-corrected chi connectivity index (χ1v) is 6.04. The molecule has 0 aliphatic heterocycles. The quantitative estimate of drug-likeness (QED) is 0.625. The Labute approximate surface area is 111 Å². The van der Waals surface area contributed by atoms with E-state index in [1.807, 2.05) is 17.8 Å². The van der Waals surface area contributed by atoms with Crippen LogP contribution < -0.4 is 5.32 Å². The number of aromatic nitrogens is 2. The Hall–Kier alpha value is -2.08. The predicted molar refractivity (Wildman–Crippen MR) is 68.7 cm³/mol. The maximum Gasteiger partial charge on any atom is 0.341 e. The summed E-state index contributed by atoms with van der Waals surface area (Å²) in [4.78, 5) is 11.2. The molecule has 0 saturated carbocycles. The Kier molecular flexibility index (Phi) is 4.35. The summed E-state index contributed by atoms with van der Waals surface area (Å²) >= 11 is 0. The second-order valence-electron chi connectivity index (χ2n) is 4.17. The minimum absolute atomic E-state index is 0.384. The number of aryl methyl sites for hydroxylation is 1. The molecule has 2 rings (SSSR count). The lowest BCUT2D eigenvalue weighted by molar-refractivity contribution is 0.0600. The van der Waals surface area contributed by atoms with Crippen LogP contribution in [0.25, 0.3) is 0 Å². The summed E-state index contributed by atoms with van der Waals surface area (Å²) in [6.07, 6.45) is 4.08. The van der Waals surface area contributed by atoms with E-state index in [9.17, 15) is 4.79 Å². The molecule has 6 nitrogen and oxygen atoms in total. The van der Waals surface area contributed by atoms with E-state index in [4.69, 9.17) is 4.42 Å². The first kappa shape index (κ1) is 13.4. The molecule has 0 radical (unpaired) electrons. The van der Waals surface area contributed by atoms with E-state index in [2.05, 4.69) is 15.2 Å². The highest BCUT2D eigenvalue weighted by atomic mass is 16.5. The third-order valence-corrected chi connectivity index (χ3v) is 2.85. The number of rotatable bonds is 6. The van der Waals surface area contributed by atoms with Gasteiger partial charge in [-0.2, -0.15) is 5.10 Å². The zero-order chi connectivity index (χ0) is 13.7. The summed E-state index contributed by atoms with van der Waals surface area (Å²) in [6, 6.07) is 3.67. The van der Waals surface area contributed by atoms with Gasteiger partial charge in [0.15, 0.2) is 0 Å². The summed E-state index contributed by atoms with van der Waals surface area (Å²) in [7, 11) is 3.27. The van der Waals surface area contributed by atoms with Gasteiger partial charge in [-0.1, -0.05) is 0 Å². The van der Waals surface area contributed by atoms with Crippen LogP contribution in [0.1, 0.15) is 21.8 Å². The van der Waals surface area contributed by atoms with Gasteiger partial charge in [0.2, 0.25) is 0 Å². The molecule has 19 heavy (non-hydrogen) atoms. The Morgan fingerprint density at radius 3 is 3.11 bits per heavy atom. The molecule has 0 aromatic carbocycles. The number of furan rings is 1. The van der Waals surface area contributed by atoms with E-state index in [0.29, 0.717) is 17.9 Å². The van der Waals surface area contributed by atoms with Crippen molar-refractivity contribution in [1.82, 2.24) is 15.1 Å². The van der Waals surface area contributed by atoms with Gasteiger partial charge in [-0.15, -0.1) is 0 Å². The lowest BCUT2D eigenvalue weighted by Crippen LogP contribution is -2.17. The van der Waals surface area contributed by atoms with Crippen molar-refractivity contribution in [2.75, 3.05) is 13.7 Å². The third-order valence-electron chi connectivity index (χ3n) is 2.85. The number of nitrogens with one attached hydrogen (secondary N) is 1. The number of carbonyl (C=O) groups is 1. The Morgan fingerprint density at radius 1 is 1.58 bits per heavy atom. The lowest BCUT2D eigenvalue weighted by atomic mass is 10.3. The molecule has 0 atom stereocenters. The molecule has 0 spiro atoms. The number of ether oxygens (including phenoxy) is 1. The van der Waals surface area contributed by atoms with Gasteiger partial charge in [-0.3, -0.25) is 4.68 Å². The monoisotopic (exact) mass is 263 g/mol. The van der Waals surface area contributed by atoms with Gasteiger partial charge in [0, 0.05) is 31.9 Å². The van der Waals surface area contributed by atoms with Crippen molar-refractivity contribution in [2.24, 2.45) is 7.05 Å². The van der Waals surface area contributed by atoms with Gasteiger partial charge in [0.25, 0.3) is 0 Å². The van der Waals surface area contributed by atoms with Gasteiger partial charge in [0.05, 0.1) is 19.2 Å². The van der Waals surface area contributed by atoms with Crippen LogP contribution in [0.2, 0.25) is 0 Å². The van der Waals surface area contributed by atoms with Gasteiger partial charge >= 0.3 is 5.97 Å². The van der Waals surface area contributed by atoms with Crippen LogP contribution in [0.5, 0.6) is 0 Å². The average molecular weight is 263 g/mol. The lowest BCUT2D eigenvalue weighted by Gasteiger charge is -2.03. The SMILES string of the molecule is COC(=O)c1coc(CNCCc2ccnn2C)c1. The summed E-state index contributed by atoms with van der Waals surface area (Å²) < 4.78 is 11.7. The summed E-state index contributed by atoms with van der Waals surface area (Å²) in [5.41, 5.74) is 1.60. The van der Waals surface area contributed by atoms with Crippen molar-refractivity contribution in [2.45, 2.75) is 13.0 Å². The van der Waals surface area contributed by atoms with Crippen LogP contribution in [0.4, 0.5) is 0 Å². The zero-order valence-electron chi connectivity index (χ0n) is 11.0. The van der Waals surface area contributed by atoms with Crippen LogP contribution in [0.15, 0.2) is 29.0 Å². The molecule has 0 aliphatic rings. The Bertz CT molecular complexity index is 545. The van der Waals surface area contributed by atoms with Crippen LogP contribution in [0, 0.1) is 0 Å². The van der Waals surface area contributed by atoms with E-state index >= 15 is 0 Å². The van der Waals surface area contributed by atoms with Crippen LogP contribution in [0.3, 0.4) is 0 Å². The highest BCUT2D eigenvalue weighted by Gasteiger charge is 2.09. The highest BCUT2D eigenvalue weighted by molar-refractivity contribution is 5.88. The van der Waals surface area contributed by atoms with Gasteiger partial charge in [0.1, 0.15) is 12.0 Å². The second-order valence-corrected chi connectivity index (χ2v) is 4.17. The van der Waals surface area contributed by atoms with E-state index in [1.165, 1.54) is 19.1 Å². The van der Waals surface area contributed by atoms with Crippen LogP contribution >= 0.6 is 0 Å². The fourth-order valence-corrected chi connectivity index (χ4v) is 1.77. The molecule has 0 unspecified atom stereocenters.